The van der Waals surface area contributed by atoms with Crippen molar-refractivity contribution in [1.82, 2.24) is 4.90 Å². The minimum absolute atomic E-state index is 0.0202. The van der Waals surface area contributed by atoms with Gasteiger partial charge >= 0.3 is 0 Å². The smallest absolute Gasteiger partial charge is 0.270 e. The first kappa shape index (κ1) is 19.4. The van der Waals surface area contributed by atoms with Crippen LogP contribution in [0, 0.1) is 0 Å². The lowest BCUT2D eigenvalue weighted by atomic mass is 10.1. The quantitative estimate of drug-likeness (QED) is 0.588. The molecule has 140 valence electrons. The molecule has 26 heavy (non-hydrogen) atoms. The van der Waals surface area contributed by atoms with E-state index >= 15 is 0 Å². The molecule has 0 bridgehead atoms. The van der Waals surface area contributed by atoms with E-state index in [0.29, 0.717) is 15.9 Å². The minimum Gasteiger partial charge on any atom is -0.372 e. The van der Waals surface area contributed by atoms with Crippen LogP contribution in [0.2, 0.25) is 0 Å². The summed E-state index contributed by atoms with van der Waals surface area (Å²) in [6, 6.07) is 8.34. The van der Waals surface area contributed by atoms with Crippen LogP contribution in [0.15, 0.2) is 29.2 Å². The molecular weight excluding hydrogens is 366 g/mol. The van der Waals surface area contributed by atoms with Crippen molar-refractivity contribution in [3.8, 4) is 0 Å². The summed E-state index contributed by atoms with van der Waals surface area (Å²) in [5.74, 6) is 0.0202. The molecule has 0 aromatic heterocycles. The summed E-state index contributed by atoms with van der Waals surface area (Å²) in [5.41, 5.74) is 2.23. The maximum absolute atomic E-state index is 12.8. The van der Waals surface area contributed by atoms with Crippen LogP contribution >= 0.6 is 24.0 Å². The number of nitrogens with one attached hydrogen (secondary N) is 1. The van der Waals surface area contributed by atoms with Gasteiger partial charge in [-0.15, -0.1) is 0 Å². The Hall–Kier alpha value is -1.41. The van der Waals surface area contributed by atoms with Crippen molar-refractivity contribution in [2.45, 2.75) is 13.8 Å². The van der Waals surface area contributed by atoms with E-state index in [-0.39, 0.29) is 5.91 Å². The molecule has 0 radical (unpaired) electrons. The van der Waals surface area contributed by atoms with E-state index < -0.39 is 0 Å². The fourth-order valence-electron chi connectivity index (χ4n) is 3.20. The van der Waals surface area contributed by atoms with Crippen molar-refractivity contribution in [1.29, 1.82) is 0 Å². The summed E-state index contributed by atoms with van der Waals surface area (Å²) in [6.07, 6.45) is 1.94. The summed E-state index contributed by atoms with van der Waals surface area (Å²) >= 11 is 6.84. The molecule has 2 saturated heterocycles. The van der Waals surface area contributed by atoms with Crippen molar-refractivity contribution < 1.29 is 14.4 Å². The number of hydrogen-bond donors (Lipinski definition) is 1. The molecule has 2 aliphatic rings. The van der Waals surface area contributed by atoms with E-state index in [1.54, 1.807) is 4.90 Å². The number of thioether (sulfide) groups is 1. The fraction of sp³-hybridized carbons (Fsp3) is 0.474. The number of quaternary nitrogens is 1. The number of rotatable bonds is 6. The van der Waals surface area contributed by atoms with Gasteiger partial charge in [-0.1, -0.05) is 36.1 Å². The Labute approximate surface area is 165 Å². The molecule has 0 atom stereocenters. The van der Waals surface area contributed by atoms with Crippen molar-refractivity contribution >= 4 is 46.0 Å². The van der Waals surface area contributed by atoms with E-state index in [0.717, 1.165) is 45.0 Å². The Balaban J connectivity index is 1.69. The van der Waals surface area contributed by atoms with Gasteiger partial charge in [-0.25, -0.2) is 4.90 Å². The molecular formula is C19H26N3O2S2+. The molecule has 7 heteroatoms. The summed E-state index contributed by atoms with van der Waals surface area (Å²) in [7, 11) is 0. The second-order valence-corrected chi connectivity index (χ2v) is 8.07. The SMILES string of the molecule is CCN(CC)c1ccc(/C=C2/SC(=S)N(C[NH+]3CCOCC3)C2=O)cc1. The van der Waals surface area contributed by atoms with Gasteiger partial charge in [0.25, 0.3) is 5.91 Å². The number of hydrogen-bond acceptors (Lipinski definition) is 5. The Bertz CT molecular complexity index is 681. The molecule has 1 aromatic rings. The largest absolute Gasteiger partial charge is 0.372 e. The Morgan fingerprint density at radius 3 is 2.50 bits per heavy atom. The lowest BCUT2D eigenvalue weighted by molar-refractivity contribution is -0.914. The normalized spacial score (nSPS) is 20.2. The molecule has 2 fully saturated rings. The molecule has 1 aromatic carbocycles. The van der Waals surface area contributed by atoms with Gasteiger partial charge in [-0.3, -0.25) is 4.79 Å². The highest BCUT2D eigenvalue weighted by atomic mass is 32.2. The van der Waals surface area contributed by atoms with E-state index in [1.807, 2.05) is 6.08 Å². The minimum atomic E-state index is 0.0202. The van der Waals surface area contributed by atoms with Crippen LogP contribution in [-0.4, -0.2) is 61.2 Å². The molecule has 3 rings (SSSR count). The number of carbonyl (C=O) groups excluding carboxylic acids is 1. The summed E-state index contributed by atoms with van der Waals surface area (Å²) in [6.45, 7) is 10.2. The number of nitrogens with zero attached hydrogens (tertiary/aromatic N) is 2. The highest BCUT2D eigenvalue weighted by Crippen LogP contribution is 2.32. The zero-order chi connectivity index (χ0) is 18.5. The lowest BCUT2D eigenvalue weighted by Gasteiger charge is -2.27. The van der Waals surface area contributed by atoms with E-state index in [1.165, 1.54) is 22.3 Å². The standard InChI is InChI=1S/C19H25N3O2S2/c1-3-21(4-2)16-7-5-15(6-8-16)13-17-18(23)22(19(25)26-17)14-20-9-11-24-12-10-20/h5-8,13H,3-4,9-12,14H2,1-2H3/p+1/b17-13+. The molecule has 0 saturated carbocycles. The third kappa shape index (κ3) is 4.46. The van der Waals surface area contributed by atoms with Gasteiger partial charge in [0.1, 0.15) is 13.1 Å². The Kier molecular flexibility index (Phi) is 6.69. The number of thiocarbonyl (C=S) groups is 1. The van der Waals surface area contributed by atoms with Gasteiger partial charge in [0.2, 0.25) is 0 Å². The summed E-state index contributed by atoms with van der Waals surface area (Å²) < 4.78 is 6.04. The predicted molar refractivity (Wildman–Crippen MR) is 111 cm³/mol. The molecule has 0 unspecified atom stereocenters. The van der Waals surface area contributed by atoms with Gasteiger partial charge in [0.15, 0.2) is 11.0 Å². The van der Waals surface area contributed by atoms with Crippen molar-refractivity contribution in [2.75, 3.05) is 51.0 Å². The van der Waals surface area contributed by atoms with Crippen LogP contribution in [0.25, 0.3) is 6.08 Å². The number of benzene rings is 1. The summed E-state index contributed by atoms with van der Waals surface area (Å²) in [4.78, 5) is 18.8. The second-order valence-electron chi connectivity index (χ2n) is 6.39. The molecule has 1 N–H and O–H groups in total. The van der Waals surface area contributed by atoms with Crippen LogP contribution in [0.1, 0.15) is 19.4 Å². The fourth-order valence-corrected chi connectivity index (χ4v) is 4.45. The van der Waals surface area contributed by atoms with E-state index in [2.05, 4.69) is 43.0 Å². The van der Waals surface area contributed by atoms with Crippen molar-refractivity contribution in [2.24, 2.45) is 0 Å². The van der Waals surface area contributed by atoms with Crippen LogP contribution in [-0.2, 0) is 9.53 Å². The highest BCUT2D eigenvalue weighted by Gasteiger charge is 2.35. The Morgan fingerprint density at radius 1 is 1.23 bits per heavy atom. The number of ether oxygens (including phenoxy) is 1. The monoisotopic (exact) mass is 392 g/mol. The first-order valence-corrected chi connectivity index (χ1v) is 10.4. The van der Waals surface area contributed by atoms with Crippen molar-refractivity contribution in [3.63, 3.8) is 0 Å². The number of anilines is 1. The molecule has 5 nitrogen and oxygen atoms in total. The van der Waals surface area contributed by atoms with E-state index in [4.69, 9.17) is 17.0 Å². The molecule has 0 aliphatic carbocycles. The average Bonchev–Trinajstić information content (AvgIpc) is 2.92. The van der Waals surface area contributed by atoms with Gasteiger partial charge in [-0.2, -0.15) is 0 Å². The predicted octanol–water partition coefficient (Wildman–Crippen LogP) is 1.61. The van der Waals surface area contributed by atoms with Gasteiger partial charge < -0.3 is 14.5 Å². The topological polar surface area (TPSA) is 37.2 Å². The van der Waals surface area contributed by atoms with Crippen LogP contribution in [0.4, 0.5) is 5.69 Å². The molecule has 0 spiro atoms. The highest BCUT2D eigenvalue weighted by molar-refractivity contribution is 8.26. The first-order valence-electron chi connectivity index (χ1n) is 9.14. The van der Waals surface area contributed by atoms with Crippen LogP contribution in [0.5, 0.6) is 0 Å². The Morgan fingerprint density at radius 2 is 1.88 bits per heavy atom. The third-order valence-corrected chi connectivity index (χ3v) is 6.15. The number of morpholine rings is 1. The first-order chi connectivity index (χ1) is 12.6. The van der Waals surface area contributed by atoms with Crippen LogP contribution in [0.3, 0.4) is 0 Å². The van der Waals surface area contributed by atoms with Crippen molar-refractivity contribution in [3.05, 3.63) is 34.7 Å². The third-order valence-electron chi connectivity index (χ3n) is 4.77. The maximum Gasteiger partial charge on any atom is 0.270 e. The van der Waals surface area contributed by atoms with E-state index in [9.17, 15) is 4.79 Å². The number of carbonyl (C=O) groups is 1. The zero-order valence-corrected chi connectivity index (χ0v) is 17.0. The summed E-state index contributed by atoms with van der Waals surface area (Å²) in [5, 5.41) is 0. The zero-order valence-electron chi connectivity index (χ0n) is 15.4. The molecule has 2 heterocycles. The van der Waals surface area contributed by atoms with Gasteiger partial charge in [-0.05, 0) is 37.6 Å². The molecule has 1 amide bonds. The molecule has 2 aliphatic heterocycles. The second kappa shape index (κ2) is 8.99. The van der Waals surface area contributed by atoms with Gasteiger partial charge in [0.05, 0.1) is 18.1 Å². The average molecular weight is 393 g/mol. The lowest BCUT2D eigenvalue weighted by Crippen LogP contribution is -3.15. The number of amides is 1. The van der Waals surface area contributed by atoms with Gasteiger partial charge in [0, 0.05) is 18.8 Å². The van der Waals surface area contributed by atoms with Crippen LogP contribution < -0.4 is 9.80 Å². The maximum atomic E-state index is 12.8.